The van der Waals surface area contributed by atoms with Crippen molar-refractivity contribution < 1.29 is 9.53 Å². The van der Waals surface area contributed by atoms with Crippen LogP contribution in [0.3, 0.4) is 0 Å². The number of likely N-dealkylation sites (tertiary alicyclic amines) is 1. The fourth-order valence-electron chi connectivity index (χ4n) is 3.93. The molecule has 0 N–H and O–H groups in total. The molecule has 0 amide bonds. The van der Waals surface area contributed by atoms with E-state index in [4.69, 9.17) is 4.74 Å². The Labute approximate surface area is 114 Å². The van der Waals surface area contributed by atoms with Gasteiger partial charge in [0, 0.05) is 12.6 Å². The van der Waals surface area contributed by atoms with Gasteiger partial charge in [0.1, 0.15) is 0 Å². The lowest BCUT2D eigenvalue weighted by molar-refractivity contribution is -0.153. The number of ether oxygens (including phenoxy) is 1. The van der Waals surface area contributed by atoms with Gasteiger partial charge in [-0.15, -0.1) is 0 Å². The summed E-state index contributed by atoms with van der Waals surface area (Å²) in [6, 6.07) is 10.7. The molecule has 1 aromatic carbocycles. The highest BCUT2D eigenvalue weighted by Crippen LogP contribution is 2.52. The molecule has 2 aliphatic rings. The third-order valence-electron chi connectivity index (χ3n) is 4.87. The molecule has 2 bridgehead atoms. The third kappa shape index (κ3) is 1.79. The zero-order valence-electron chi connectivity index (χ0n) is 11.6. The smallest absolute Gasteiger partial charge is 0.316 e. The molecule has 0 aromatic heterocycles. The van der Waals surface area contributed by atoms with E-state index in [1.54, 1.807) is 0 Å². The minimum atomic E-state index is -0.408. The molecule has 0 radical (unpaired) electrons. The topological polar surface area (TPSA) is 29.5 Å². The quantitative estimate of drug-likeness (QED) is 0.779. The molecule has 1 aliphatic carbocycles. The number of nitrogens with zero attached hydrogens (tertiary/aromatic N) is 1. The van der Waals surface area contributed by atoms with E-state index < -0.39 is 5.41 Å². The molecule has 19 heavy (non-hydrogen) atoms. The summed E-state index contributed by atoms with van der Waals surface area (Å²) in [5.74, 6) is 0.366. The lowest BCUT2D eigenvalue weighted by atomic mass is 9.71. The standard InChI is InChI=1S/C16H21NO2/c1-3-19-15(18)16(12-7-5-4-6-8-12)10-14-9-13(16)11-17(14)2/h4-8,13-14H,3,9-11H2,1-2H3/t13-,14+,16-/m0/s1. The van der Waals surface area contributed by atoms with E-state index in [0.717, 1.165) is 24.9 Å². The zero-order chi connectivity index (χ0) is 13.5. The predicted octanol–water partition coefficient (Wildman–Crippen LogP) is 2.21. The van der Waals surface area contributed by atoms with Crippen molar-refractivity contribution in [2.75, 3.05) is 20.2 Å². The van der Waals surface area contributed by atoms with E-state index in [2.05, 4.69) is 24.1 Å². The second-order valence-corrected chi connectivity index (χ2v) is 5.79. The van der Waals surface area contributed by atoms with Crippen LogP contribution in [0, 0.1) is 5.92 Å². The summed E-state index contributed by atoms with van der Waals surface area (Å²) in [5, 5.41) is 0. The summed E-state index contributed by atoms with van der Waals surface area (Å²) in [6.07, 6.45) is 2.02. The molecule has 0 spiro atoms. The average Bonchev–Trinajstić information content (AvgIpc) is 2.97. The molecule has 3 nitrogen and oxygen atoms in total. The van der Waals surface area contributed by atoms with Crippen LogP contribution in [-0.4, -0.2) is 37.1 Å². The minimum absolute atomic E-state index is 0.0261. The van der Waals surface area contributed by atoms with Crippen molar-refractivity contribution in [1.29, 1.82) is 0 Å². The van der Waals surface area contributed by atoms with Crippen molar-refractivity contribution in [3.8, 4) is 0 Å². The number of carbonyl (C=O) groups is 1. The Hall–Kier alpha value is -1.35. The van der Waals surface area contributed by atoms with Crippen LogP contribution < -0.4 is 0 Å². The number of rotatable bonds is 3. The molecule has 3 heteroatoms. The molecule has 0 unspecified atom stereocenters. The molecule has 102 valence electrons. The molecule has 3 rings (SSSR count). The molecular weight excluding hydrogens is 238 g/mol. The highest BCUT2D eigenvalue weighted by Gasteiger charge is 2.59. The van der Waals surface area contributed by atoms with Gasteiger partial charge in [0.2, 0.25) is 0 Å². The van der Waals surface area contributed by atoms with Gasteiger partial charge in [-0.05, 0) is 38.3 Å². The first-order valence-electron chi connectivity index (χ1n) is 7.11. The van der Waals surface area contributed by atoms with Crippen LogP contribution in [0.25, 0.3) is 0 Å². The maximum absolute atomic E-state index is 12.6. The van der Waals surface area contributed by atoms with Gasteiger partial charge in [-0.2, -0.15) is 0 Å². The summed E-state index contributed by atoms with van der Waals surface area (Å²) in [4.78, 5) is 15.0. The van der Waals surface area contributed by atoms with Crippen LogP contribution in [0.5, 0.6) is 0 Å². The van der Waals surface area contributed by atoms with Gasteiger partial charge in [0.25, 0.3) is 0 Å². The number of piperidine rings is 1. The number of carbonyl (C=O) groups excluding carboxylic acids is 1. The zero-order valence-corrected chi connectivity index (χ0v) is 11.6. The number of hydrogen-bond acceptors (Lipinski definition) is 3. The SMILES string of the molecule is CCOC(=O)[C@]1(c2ccccc2)C[C@H]2C[C@H]1CN2C. The lowest BCUT2D eigenvalue weighted by Crippen LogP contribution is -2.48. The van der Waals surface area contributed by atoms with Gasteiger partial charge in [-0.25, -0.2) is 0 Å². The summed E-state index contributed by atoms with van der Waals surface area (Å²) < 4.78 is 5.41. The largest absolute Gasteiger partial charge is 0.465 e. The van der Waals surface area contributed by atoms with Crippen molar-refractivity contribution in [3.63, 3.8) is 0 Å². The second-order valence-electron chi connectivity index (χ2n) is 5.79. The Morgan fingerprint density at radius 3 is 2.68 bits per heavy atom. The van der Waals surface area contributed by atoms with Gasteiger partial charge in [0.05, 0.1) is 12.0 Å². The number of benzene rings is 1. The first-order chi connectivity index (χ1) is 9.18. The first-order valence-corrected chi connectivity index (χ1v) is 7.11. The van der Waals surface area contributed by atoms with Crippen LogP contribution in [-0.2, 0) is 14.9 Å². The van der Waals surface area contributed by atoms with E-state index in [-0.39, 0.29) is 5.97 Å². The van der Waals surface area contributed by atoms with E-state index >= 15 is 0 Å². The van der Waals surface area contributed by atoms with Gasteiger partial charge in [-0.3, -0.25) is 4.79 Å². The third-order valence-corrected chi connectivity index (χ3v) is 4.87. The average molecular weight is 259 g/mol. The van der Waals surface area contributed by atoms with Crippen LogP contribution in [0.2, 0.25) is 0 Å². The Bertz CT molecular complexity index is 471. The summed E-state index contributed by atoms with van der Waals surface area (Å²) >= 11 is 0. The molecule has 3 atom stereocenters. The predicted molar refractivity (Wildman–Crippen MR) is 73.9 cm³/mol. The number of fused-ring (bicyclic) bond motifs is 2. The Morgan fingerprint density at radius 1 is 1.42 bits per heavy atom. The maximum Gasteiger partial charge on any atom is 0.316 e. The summed E-state index contributed by atoms with van der Waals surface area (Å²) in [6.45, 7) is 3.34. The lowest BCUT2D eigenvalue weighted by Gasteiger charge is -2.38. The molecule has 1 aliphatic heterocycles. The van der Waals surface area contributed by atoms with Crippen LogP contribution >= 0.6 is 0 Å². The van der Waals surface area contributed by atoms with E-state index in [9.17, 15) is 4.79 Å². The number of hydrogen-bond donors (Lipinski definition) is 0. The highest BCUT2D eigenvalue weighted by atomic mass is 16.5. The highest BCUT2D eigenvalue weighted by molar-refractivity contribution is 5.84. The van der Waals surface area contributed by atoms with Crippen molar-refractivity contribution >= 4 is 5.97 Å². The Kier molecular flexibility index (Phi) is 3.09. The Balaban J connectivity index is 2.01. The van der Waals surface area contributed by atoms with Gasteiger partial charge >= 0.3 is 5.97 Å². The fraction of sp³-hybridized carbons (Fsp3) is 0.562. The monoisotopic (exact) mass is 259 g/mol. The normalized spacial score (nSPS) is 33.6. The van der Waals surface area contributed by atoms with Crippen molar-refractivity contribution in [1.82, 2.24) is 4.90 Å². The first kappa shape index (κ1) is 12.7. The van der Waals surface area contributed by atoms with Crippen molar-refractivity contribution in [3.05, 3.63) is 35.9 Å². The fourth-order valence-corrected chi connectivity index (χ4v) is 3.93. The molecule has 1 saturated carbocycles. The number of esters is 1. The molecular formula is C16H21NO2. The molecule has 1 aromatic rings. The second kappa shape index (κ2) is 4.64. The van der Waals surface area contributed by atoms with E-state index in [0.29, 0.717) is 18.6 Å². The van der Waals surface area contributed by atoms with Crippen LogP contribution in [0.15, 0.2) is 30.3 Å². The Morgan fingerprint density at radius 2 is 2.16 bits per heavy atom. The van der Waals surface area contributed by atoms with Gasteiger partial charge in [0.15, 0.2) is 0 Å². The maximum atomic E-state index is 12.6. The van der Waals surface area contributed by atoms with E-state index in [1.165, 1.54) is 0 Å². The molecule has 1 saturated heterocycles. The van der Waals surface area contributed by atoms with Crippen molar-refractivity contribution in [2.24, 2.45) is 5.92 Å². The van der Waals surface area contributed by atoms with Gasteiger partial charge in [-0.1, -0.05) is 30.3 Å². The molecule has 2 fully saturated rings. The minimum Gasteiger partial charge on any atom is -0.465 e. The van der Waals surface area contributed by atoms with Gasteiger partial charge < -0.3 is 9.64 Å². The summed E-state index contributed by atoms with van der Waals surface area (Å²) in [7, 11) is 2.16. The summed E-state index contributed by atoms with van der Waals surface area (Å²) in [5.41, 5.74) is 0.725. The van der Waals surface area contributed by atoms with Crippen LogP contribution in [0.4, 0.5) is 0 Å². The van der Waals surface area contributed by atoms with E-state index in [1.807, 2.05) is 25.1 Å². The van der Waals surface area contributed by atoms with Crippen LogP contribution in [0.1, 0.15) is 25.3 Å². The molecule has 1 heterocycles. The van der Waals surface area contributed by atoms with Crippen molar-refractivity contribution in [2.45, 2.75) is 31.2 Å².